The summed E-state index contributed by atoms with van der Waals surface area (Å²) in [5, 5.41) is 9.76. The van der Waals surface area contributed by atoms with Crippen LogP contribution in [0.4, 0.5) is 11.6 Å². The van der Waals surface area contributed by atoms with Gasteiger partial charge in [-0.3, -0.25) is 0 Å². The third kappa shape index (κ3) is 2.84. The van der Waals surface area contributed by atoms with Gasteiger partial charge in [0.1, 0.15) is 6.07 Å². The second-order valence-corrected chi connectivity index (χ2v) is 9.79. The maximum absolute atomic E-state index is 9.76. The van der Waals surface area contributed by atoms with Crippen molar-refractivity contribution >= 4 is 11.6 Å². The van der Waals surface area contributed by atoms with Crippen molar-refractivity contribution < 1.29 is 4.42 Å². The Morgan fingerprint density at radius 3 is 2.07 bits per heavy atom. The van der Waals surface area contributed by atoms with Gasteiger partial charge in [0.2, 0.25) is 17.5 Å². The monoisotopic (exact) mass is 388 g/mol. The van der Waals surface area contributed by atoms with Gasteiger partial charge >= 0.3 is 0 Å². The van der Waals surface area contributed by atoms with Crippen LogP contribution >= 0.6 is 0 Å². The zero-order chi connectivity index (χ0) is 19.4. The van der Waals surface area contributed by atoms with Gasteiger partial charge in [0.25, 0.3) is 0 Å². The molecule has 1 aromatic heterocycles. The molecule has 4 aliphatic carbocycles. The van der Waals surface area contributed by atoms with Crippen molar-refractivity contribution in [1.82, 2.24) is 4.98 Å². The summed E-state index contributed by atoms with van der Waals surface area (Å²) in [6.45, 7) is 3.59. The first-order valence-electron chi connectivity index (χ1n) is 11.2. The summed E-state index contributed by atoms with van der Waals surface area (Å²) >= 11 is 0. The van der Waals surface area contributed by atoms with Crippen molar-refractivity contribution in [3.63, 3.8) is 0 Å². The van der Waals surface area contributed by atoms with Crippen LogP contribution in [0.5, 0.6) is 0 Å². The number of hydrogen-bond acceptors (Lipinski definition) is 5. The standard InChI is InChI=1S/C24H28N4O/c25-16-21-22(28-8-6-27(7-9-28)20-4-2-1-3-5-20)29-23(26-21)24-13-17-10-18(14-24)12-19(11-17)15-24/h1-5,17-19H,6-15H2. The minimum absolute atomic E-state index is 0.102. The lowest BCUT2D eigenvalue weighted by Crippen LogP contribution is -2.48. The summed E-state index contributed by atoms with van der Waals surface area (Å²) in [5.41, 5.74) is 1.85. The number of rotatable bonds is 3. The van der Waals surface area contributed by atoms with Crippen molar-refractivity contribution in [2.75, 3.05) is 36.0 Å². The maximum atomic E-state index is 9.76. The number of piperazine rings is 1. The van der Waals surface area contributed by atoms with Crippen molar-refractivity contribution in [2.24, 2.45) is 17.8 Å². The summed E-state index contributed by atoms with van der Waals surface area (Å²) in [4.78, 5) is 9.42. The number of hydrogen-bond donors (Lipinski definition) is 0. The minimum Gasteiger partial charge on any atom is -0.423 e. The SMILES string of the molecule is N#Cc1nc(C23CC4CC(CC(C4)C2)C3)oc1N1CCN(c2ccccc2)CC1. The van der Waals surface area contributed by atoms with Crippen LogP contribution in [-0.4, -0.2) is 31.2 Å². The lowest BCUT2D eigenvalue weighted by Gasteiger charge is -2.55. The molecule has 1 saturated heterocycles. The fourth-order valence-corrected chi connectivity index (χ4v) is 7.01. The smallest absolute Gasteiger partial charge is 0.234 e. The Hall–Kier alpha value is -2.48. The molecule has 0 unspecified atom stereocenters. The van der Waals surface area contributed by atoms with Gasteiger partial charge in [0.15, 0.2) is 0 Å². The van der Waals surface area contributed by atoms with Gasteiger partial charge in [-0.2, -0.15) is 10.2 Å². The number of benzene rings is 1. The zero-order valence-electron chi connectivity index (χ0n) is 16.9. The summed E-state index contributed by atoms with van der Waals surface area (Å²) < 4.78 is 6.44. The average molecular weight is 389 g/mol. The highest BCUT2D eigenvalue weighted by atomic mass is 16.4. The first-order chi connectivity index (χ1) is 14.2. The molecule has 0 amide bonds. The molecule has 5 nitrogen and oxygen atoms in total. The van der Waals surface area contributed by atoms with E-state index in [1.54, 1.807) is 0 Å². The molecule has 0 atom stereocenters. The van der Waals surface area contributed by atoms with Gasteiger partial charge in [-0.15, -0.1) is 0 Å². The summed E-state index contributed by atoms with van der Waals surface area (Å²) in [6, 6.07) is 12.9. The van der Waals surface area contributed by atoms with Gasteiger partial charge in [-0.25, -0.2) is 0 Å². The number of para-hydroxylation sites is 1. The maximum Gasteiger partial charge on any atom is 0.234 e. The molecule has 5 heteroatoms. The lowest BCUT2D eigenvalue weighted by molar-refractivity contribution is -0.0175. The van der Waals surface area contributed by atoms with E-state index in [1.807, 2.05) is 0 Å². The van der Waals surface area contributed by atoms with E-state index in [0.29, 0.717) is 11.6 Å². The summed E-state index contributed by atoms with van der Waals surface area (Å²) in [5.74, 6) is 4.12. The van der Waals surface area contributed by atoms with E-state index in [2.05, 4.69) is 46.2 Å². The highest BCUT2D eigenvalue weighted by Crippen LogP contribution is 2.60. The first-order valence-corrected chi connectivity index (χ1v) is 11.2. The fourth-order valence-electron chi connectivity index (χ4n) is 7.01. The number of aromatic nitrogens is 1. The molecule has 5 fully saturated rings. The number of oxazole rings is 1. The van der Waals surface area contributed by atoms with Crippen LogP contribution in [0.25, 0.3) is 0 Å². The quantitative estimate of drug-likeness (QED) is 0.783. The van der Waals surface area contributed by atoms with Gasteiger partial charge in [0, 0.05) is 37.3 Å². The molecule has 0 N–H and O–H groups in total. The molecular weight excluding hydrogens is 360 g/mol. The van der Waals surface area contributed by atoms with Crippen molar-refractivity contribution in [3.05, 3.63) is 41.9 Å². The summed E-state index contributed by atoms with van der Waals surface area (Å²) in [7, 11) is 0. The highest BCUT2D eigenvalue weighted by molar-refractivity contribution is 5.52. The summed E-state index contributed by atoms with van der Waals surface area (Å²) in [6.07, 6.45) is 7.85. The molecule has 0 spiro atoms. The van der Waals surface area contributed by atoms with Gasteiger partial charge in [-0.05, 0) is 68.4 Å². The average Bonchev–Trinajstić information content (AvgIpc) is 3.19. The topological polar surface area (TPSA) is 56.3 Å². The van der Waals surface area contributed by atoms with E-state index in [9.17, 15) is 5.26 Å². The van der Waals surface area contributed by atoms with Crippen LogP contribution < -0.4 is 9.80 Å². The van der Waals surface area contributed by atoms with Crippen LogP contribution in [-0.2, 0) is 5.41 Å². The van der Waals surface area contributed by atoms with Crippen LogP contribution in [0.15, 0.2) is 34.7 Å². The van der Waals surface area contributed by atoms with E-state index in [1.165, 1.54) is 44.2 Å². The molecule has 2 aromatic rings. The van der Waals surface area contributed by atoms with Gasteiger partial charge in [0.05, 0.1) is 0 Å². The van der Waals surface area contributed by atoms with Crippen LogP contribution in [0.3, 0.4) is 0 Å². The second kappa shape index (κ2) is 6.52. The van der Waals surface area contributed by atoms with Crippen LogP contribution in [0.1, 0.15) is 50.1 Å². The van der Waals surface area contributed by atoms with E-state index < -0.39 is 0 Å². The largest absolute Gasteiger partial charge is 0.423 e. The Bertz CT molecular complexity index is 900. The molecule has 4 saturated carbocycles. The second-order valence-electron chi connectivity index (χ2n) is 9.79. The van der Waals surface area contributed by atoms with Crippen molar-refractivity contribution in [2.45, 2.75) is 43.9 Å². The van der Waals surface area contributed by atoms with E-state index in [4.69, 9.17) is 9.40 Å². The third-order valence-electron chi connectivity index (χ3n) is 7.90. The first kappa shape index (κ1) is 17.4. The normalized spacial score (nSPS) is 33.1. The molecule has 5 aliphatic rings. The number of nitrogens with zero attached hydrogens (tertiary/aromatic N) is 4. The van der Waals surface area contributed by atoms with E-state index in [0.717, 1.165) is 49.8 Å². The molecular formula is C24H28N4O. The van der Waals surface area contributed by atoms with Crippen molar-refractivity contribution in [1.29, 1.82) is 5.26 Å². The molecule has 150 valence electrons. The molecule has 1 aliphatic heterocycles. The molecule has 0 radical (unpaired) electrons. The lowest BCUT2D eigenvalue weighted by atomic mass is 9.49. The van der Waals surface area contributed by atoms with Crippen LogP contribution in [0.2, 0.25) is 0 Å². The Morgan fingerprint density at radius 1 is 0.897 bits per heavy atom. The highest BCUT2D eigenvalue weighted by Gasteiger charge is 2.54. The predicted molar refractivity (Wildman–Crippen MR) is 112 cm³/mol. The van der Waals surface area contributed by atoms with Crippen molar-refractivity contribution in [3.8, 4) is 6.07 Å². The Morgan fingerprint density at radius 2 is 1.48 bits per heavy atom. The predicted octanol–water partition coefficient (Wildman–Crippen LogP) is 4.34. The molecule has 2 heterocycles. The minimum atomic E-state index is 0.102. The number of nitriles is 1. The Labute approximate surface area is 172 Å². The third-order valence-corrected chi connectivity index (χ3v) is 7.90. The fraction of sp³-hybridized carbons (Fsp3) is 0.583. The molecule has 29 heavy (non-hydrogen) atoms. The van der Waals surface area contributed by atoms with Crippen LogP contribution in [0, 0.1) is 29.1 Å². The Kier molecular flexibility index (Phi) is 3.91. The van der Waals surface area contributed by atoms with Gasteiger partial charge in [-0.1, -0.05) is 18.2 Å². The van der Waals surface area contributed by atoms with E-state index in [-0.39, 0.29) is 5.41 Å². The zero-order valence-corrected chi connectivity index (χ0v) is 16.9. The number of anilines is 2. The van der Waals surface area contributed by atoms with E-state index >= 15 is 0 Å². The molecule has 7 rings (SSSR count). The Balaban J connectivity index is 1.24. The molecule has 1 aromatic carbocycles. The molecule has 4 bridgehead atoms. The van der Waals surface area contributed by atoms with Gasteiger partial charge < -0.3 is 14.2 Å².